The van der Waals surface area contributed by atoms with Crippen molar-refractivity contribution in [2.75, 3.05) is 11.9 Å². The Hall–Kier alpha value is -2.46. The van der Waals surface area contributed by atoms with Crippen molar-refractivity contribution in [1.82, 2.24) is 19.5 Å². The van der Waals surface area contributed by atoms with Gasteiger partial charge in [0.1, 0.15) is 18.4 Å². The number of anilines is 1. The van der Waals surface area contributed by atoms with E-state index in [-0.39, 0.29) is 23.1 Å². The second kappa shape index (κ2) is 6.36. The molecule has 140 valence electrons. The summed E-state index contributed by atoms with van der Waals surface area (Å²) in [4.78, 5) is 34.7. The van der Waals surface area contributed by atoms with Crippen LogP contribution in [0.25, 0.3) is 11.2 Å². The minimum absolute atomic E-state index is 0.142. The summed E-state index contributed by atoms with van der Waals surface area (Å²) in [5, 5.41) is 13.3. The van der Waals surface area contributed by atoms with Gasteiger partial charge in [0.05, 0.1) is 12.4 Å². The average molecular weight is 363 g/mol. The predicted molar refractivity (Wildman–Crippen MR) is 90.5 cm³/mol. The highest BCUT2D eigenvalue weighted by Crippen LogP contribution is 2.45. The fourth-order valence-corrected chi connectivity index (χ4v) is 3.89. The molecule has 0 radical (unpaired) electrons. The number of hydrogen-bond donors (Lipinski definition) is 3. The number of H-pyrrole nitrogens is 1. The second-order valence-electron chi connectivity index (χ2n) is 6.67. The molecule has 10 nitrogen and oxygen atoms in total. The van der Waals surface area contributed by atoms with E-state index >= 15 is 0 Å². The maximum Gasteiger partial charge on any atom is 0.302 e. The number of imidazole rings is 1. The Kier molecular flexibility index (Phi) is 4.16. The molecule has 5 atom stereocenters. The fraction of sp³-hybridized carbons (Fsp3) is 0.625. The number of fused-ring (bicyclic) bond motifs is 2. The molecule has 3 heterocycles. The predicted octanol–water partition coefficient (Wildman–Crippen LogP) is 0.151. The molecule has 10 heteroatoms. The highest BCUT2D eigenvalue weighted by Gasteiger charge is 2.52. The molecule has 1 aliphatic heterocycles. The minimum Gasteiger partial charge on any atom is -0.460 e. The van der Waals surface area contributed by atoms with Crippen LogP contribution >= 0.6 is 0 Å². The first-order chi connectivity index (χ1) is 12.5. The van der Waals surface area contributed by atoms with E-state index in [1.165, 1.54) is 13.3 Å². The number of carbonyl (C=O) groups excluding carboxylic acids is 1. The maximum atomic E-state index is 12.2. The molecule has 0 spiro atoms. The van der Waals surface area contributed by atoms with Crippen LogP contribution in [0.5, 0.6) is 0 Å². The standard InChI is InChI=1S/C16H21N5O5/c1-3-17-16-19-14-12(15(24)20-16)18-6-21(14)11-4-8-9(23)5-10(13(8)26-11)25-7(2)22/h6,8-11,13,23H,3-5H2,1-2H3,(H2,17,19,20,24)/t8-,9+,10+,11-,13-/m0/s1. The average Bonchev–Trinajstić information content (AvgIpc) is 3.23. The van der Waals surface area contributed by atoms with Gasteiger partial charge in [-0.1, -0.05) is 0 Å². The van der Waals surface area contributed by atoms with Gasteiger partial charge in [0.2, 0.25) is 5.95 Å². The Bertz CT molecular complexity index is 893. The van der Waals surface area contributed by atoms with Crippen molar-refractivity contribution < 1.29 is 19.4 Å². The number of nitrogens with zero attached hydrogens (tertiary/aromatic N) is 3. The van der Waals surface area contributed by atoms with E-state index in [1.807, 2.05) is 6.92 Å². The summed E-state index contributed by atoms with van der Waals surface area (Å²) in [5.74, 6) is -0.175. The molecule has 3 N–H and O–H groups in total. The van der Waals surface area contributed by atoms with Crippen LogP contribution in [0, 0.1) is 5.92 Å². The van der Waals surface area contributed by atoms with Crippen molar-refractivity contribution in [1.29, 1.82) is 0 Å². The third-order valence-corrected chi connectivity index (χ3v) is 4.95. The summed E-state index contributed by atoms with van der Waals surface area (Å²) in [5.41, 5.74) is 0.304. The monoisotopic (exact) mass is 363 g/mol. The van der Waals surface area contributed by atoms with Gasteiger partial charge >= 0.3 is 5.97 Å². The lowest BCUT2D eigenvalue weighted by Crippen LogP contribution is -2.28. The molecule has 1 saturated heterocycles. The second-order valence-corrected chi connectivity index (χ2v) is 6.67. The summed E-state index contributed by atoms with van der Waals surface area (Å²) in [7, 11) is 0. The van der Waals surface area contributed by atoms with Gasteiger partial charge < -0.3 is 19.9 Å². The molecule has 2 aromatic heterocycles. The topological polar surface area (TPSA) is 131 Å². The van der Waals surface area contributed by atoms with E-state index < -0.39 is 24.4 Å². The number of aromatic nitrogens is 4. The molecule has 26 heavy (non-hydrogen) atoms. The molecule has 0 aromatic carbocycles. The molecule has 1 aliphatic carbocycles. The van der Waals surface area contributed by atoms with Gasteiger partial charge in [-0.05, 0) is 6.92 Å². The van der Waals surface area contributed by atoms with Gasteiger partial charge in [-0.2, -0.15) is 4.98 Å². The number of ether oxygens (including phenoxy) is 2. The largest absolute Gasteiger partial charge is 0.460 e. The third kappa shape index (κ3) is 2.74. The molecular formula is C16H21N5O5. The Morgan fingerprint density at radius 3 is 3.08 bits per heavy atom. The molecule has 2 fully saturated rings. The van der Waals surface area contributed by atoms with Crippen LogP contribution in [0.15, 0.2) is 11.1 Å². The number of carbonyl (C=O) groups is 1. The SMILES string of the molecule is CCNc1nc2c(ncn2[C@@H]2C[C@@H]3[C@H](O2)[C@H](OC(C)=O)C[C@H]3O)c(=O)[nH]1. The van der Waals surface area contributed by atoms with Gasteiger partial charge in [0, 0.05) is 32.2 Å². The van der Waals surface area contributed by atoms with Crippen molar-refractivity contribution in [3.05, 3.63) is 16.7 Å². The van der Waals surface area contributed by atoms with Crippen LogP contribution in [0.4, 0.5) is 5.95 Å². The Labute approximate surface area is 148 Å². The Balaban J connectivity index is 1.65. The molecule has 0 unspecified atom stereocenters. The van der Waals surface area contributed by atoms with Gasteiger partial charge in [-0.3, -0.25) is 19.1 Å². The fourth-order valence-electron chi connectivity index (χ4n) is 3.89. The van der Waals surface area contributed by atoms with E-state index in [2.05, 4.69) is 20.3 Å². The zero-order valence-corrected chi connectivity index (χ0v) is 14.5. The molecule has 1 saturated carbocycles. The van der Waals surface area contributed by atoms with Crippen LogP contribution in [-0.2, 0) is 14.3 Å². The summed E-state index contributed by atoms with van der Waals surface area (Å²) < 4.78 is 13.1. The lowest BCUT2D eigenvalue weighted by molar-refractivity contribution is -0.154. The molecule has 0 bridgehead atoms. The van der Waals surface area contributed by atoms with E-state index in [9.17, 15) is 14.7 Å². The van der Waals surface area contributed by atoms with E-state index in [4.69, 9.17) is 9.47 Å². The van der Waals surface area contributed by atoms with Crippen LogP contribution < -0.4 is 10.9 Å². The number of aliphatic hydroxyl groups excluding tert-OH is 1. The summed E-state index contributed by atoms with van der Waals surface area (Å²) in [6.07, 6.45) is 0.522. The minimum atomic E-state index is -0.599. The molecule has 2 aliphatic rings. The molecule has 4 rings (SSSR count). The molecular weight excluding hydrogens is 342 g/mol. The first kappa shape index (κ1) is 17.0. The van der Waals surface area contributed by atoms with Crippen LogP contribution in [0.2, 0.25) is 0 Å². The van der Waals surface area contributed by atoms with Crippen molar-refractivity contribution >= 4 is 23.1 Å². The Morgan fingerprint density at radius 2 is 2.35 bits per heavy atom. The van der Waals surface area contributed by atoms with Crippen molar-refractivity contribution in [3.8, 4) is 0 Å². The number of aromatic amines is 1. The zero-order valence-electron chi connectivity index (χ0n) is 14.5. The molecule has 0 amide bonds. The van der Waals surface area contributed by atoms with Gasteiger partial charge in [-0.25, -0.2) is 4.98 Å². The van der Waals surface area contributed by atoms with Gasteiger partial charge in [0.15, 0.2) is 11.2 Å². The normalized spacial score (nSPS) is 30.5. The number of hydrogen-bond acceptors (Lipinski definition) is 8. The van der Waals surface area contributed by atoms with Crippen molar-refractivity contribution in [2.24, 2.45) is 5.92 Å². The van der Waals surface area contributed by atoms with Gasteiger partial charge in [0.25, 0.3) is 5.56 Å². The number of rotatable bonds is 4. The van der Waals surface area contributed by atoms with E-state index in [0.717, 1.165) is 0 Å². The number of nitrogens with one attached hydrogen (secondary N) is 2. The first-order valence-electron chi connectivity index (χ1n) is 8.69. The van der Waals surface area contributed by atoms with Crippen LogP contribution in [0.3, 0.4) is 0 Å². The quantitative estimate of drug-likeness (QED) is 0.654. The third-order valence-electron chi connectivity index (χ3n) is 4.95. The maximum absolute atomic E-state index is 12.2. The van der Waals surface area contributed by atoms with Gasteiger partial charge in [-0.15, -0.1) is 0 Å². The lowest BCUT2D eigenvalue weighted by atomic mass is 10.0. The van der Waals surface area contributed by atoms with E-state index in [0.29, 0.717) is 31.0 Å². The van der Waals surface area contributed by atoms with Crippen LogP contribution in [0.1, 0.15) is 32.9 Å². The van der Waals surface area contributed by atoms with E-state index in [1.54, 1.807) is 4.57 Å². The summed E-state index contributed by atoms with van der Waals surface area (Å²) in [6.45, 7) is 3.86. The number of aliphatic hydroxyl groups is 1. The first-order valence-corrected chi connectivity index (χ1v) is 8.69. The summed E-state index contributed by atoms with van der Waals surface area (Å²) in [6, 6.07) is 0. The van der Waals surface area contributed by atoms with Crippen molar-refractivity contribution in [3.63, 3.8) is 0 Å². The summed E-state index contributed by atoms with van der Waals surface area (Å²) >= 11 is 0. The highest BCUT2D eigenvalue weighted by molar-refractivity contribution is 5.71. The van der Waals surface area contributed by atoms with Crippen molar-refractivity contribution in [2.45, 2.75) is 51.2 Å². The zero-order chi connectivity index (χ0) is 18.4. The lowest BCUT2D eigenvalue weighted by Gasteiger charge is -2.20. The highest BCUT2D eigenvalue weighted by atomic mass is 16.6. The Morgan fingerprint density at radius 1 is 1.54 bits per heavy atom. The molecule has 2 aromatic rings. The number of esters is 1. The van der Waals surface area contributed by atoms with Crippen LogP contribution in [-0.4, -0.2) is 55.5 Å². The smallest absolute Gasteiger partial charge is 0.302 e.